The topological polar surface area (TPSA) is 75.3 Å². The molecule has 1 aromatic carbocycles. The van der Waals surface area contributed by atoms with E-state index in [2.05, 4.69) is 31.4 Å². The number of nitrogens with one attached hydrogen (secondary N) is 2. The Morgan fingerprint density at radius 2 is 1.68 bits per heavy atom. The molecular weight excluding hydrogens is 300 g/mol. The smallest absolute Gasteiger partial charge is 0.314 e. The molecule has 0 aliphatic carbocycles. The Balaban J connectivity index is 2.41. The minimum Gasteiger partial charge on any atom is -0.338 e. The normalized spacial score (nSPS) is 12.0. The van der Waals surface area contributed by atoms with Crippen molar-refractivity contribution in [1.29, 1.82) is 0 Å². The van der Waals surface area contributed by atoms with Gasteiger partial charge in [-0.25, -0.2) is 13.2 Å². The van der Waals surface area contributed by atoms with Gasteiger partial charge < -0.3 is 10.6 Å². The molecular formula is C16H26N2O3S. The zero-order chi connectivity index (χ0) is 16.8. The molecule has 0 spiro atoms. The van der Waals surface area contributed by atoms with Crippen LogP contribution in [0.5, 0.6) is 0 Å². The van der Waals surface area contributed by atoms with Crippen LogP contribution in [0.15, 0.2) is 29.2 Å². The first kappa shape index (κ1) is 18.5. The van der Waals surface area contributed by atoms with Crippen molar-refractivity contribution < 1.29 is 13.2 Å². The Morgan fingerprint density at radius 1 is 1.09 bits per heavy atom. The summed E-state index contributed by atoms with van der Waals surface area (Å²) in [5, 5.41) is 5.61. The molecule has 0 unspecified atom stereocenters. The Bertz CT molecular complexity index is 587. The standard InChI is InChI=1S/C16H26N2O3S/c1-5-22(20,21)14-8-6-13(7-9-14)10-11-17-15(19)18-12-16(2,3)4/h6-9H,5,10-12H2,1-4H3,(H2,17,18,19). The highest BCUT2D eigenvalue weighted by molar-refractivity contribution is 7.91. The summed E-state index contributed by atoms with van der Waals surface area (Å²) in [6.45, 7) is 8.92. The number of hydrogen-bond donors (Lipinski definition) is 2. The third kappa shape index (κ3) is 6.47. The quantitative estimate of drug-likeness (QED) is 0.843. The predicted molar refractivity (Wildman–Crippen MR) is 88.7 cm³/mol. The van der Waals surface area contributed by atoms with Gasteiger partial charge in [-0.05, 0) is 29.5 Å². The van der Waals surface area contributed by atoms with E-state index in [4.69, 9.17) is 0 Å². The van der Waals surface area contributed by atoms with E-state index in [-0.39, 0.29) is 17.2 Å². The third-order valence-electron chi connectivity index (χ3n) is 3.14. The molecule has 22 heavy (non-hydrogen) atoms. The first-order valence-corrected chi connectivity index (χ1v) is 9.13. The molecule has 0 atom stereocenters. The van der Waals surface area contributed by atoms with E-state index in [1.54, 1.807) is 31.2 Å². The van der Waals surface area contributed by atoms with Gasteiger partial charge >= 0.3 is 6.03 Å². The van der Waals surface area contributed by atoms with E-state index in [1.807, 2.05) is 0 Å². The number of urea groups is 1. The van der Waals surface area contributed by atoms with Crippen molar-refractivity contribution in [2.75, 3.05) is 18.8 Å². The van der Waals surface area contributed by atoms with Crippen LogP contribution in [-0.2, 0) is 16.3 Å². The van der Waals surface area contributed by atoms with Crippen LogP contribution in [0.2, 0.25) is 0 Å². The van der Waals surface area contributed by atoms with E-state index in [1.165, 1.54) is 0 Å². The molecule has 0 saturated carbocycles. The van der Waals surface area contributed by atoms with Crippen LogP contribution in [0.1, 0.15) is 33.3 Å². The van der Waals surface area contributed by atoms with Crippen molar-refractivity contribution in [2.45, 2.75) is 39.0 Å². The lowest BCUT2D eigenvalue weighted by Gasteiger charge is -2.18. The summed E-state index contributed by atoms with van der Waals surface area (Å²) in [6.07, 6.45) is 0.662. The van der Waals surface area contributed by atoms with Gasteiger partial charge in [-0.3, -0.25) is 0 Å². The van der Waals surface area contributed by atoms with Crippen molar-refractivity contribution in [1.82, 2.24) is 10.6 Å². The Kier molecular flexibility index (Phi) is 6.41. The Labute approximate surface area is 133 Å². The van der Waals surface area contributed by atoms with Crippen molar-refractivity contribution in [3.8, 4) is 0 Å². The molecule has 0 fully saturated rings. The van der Waals surface area contributed by atoms with E-state index >= 15 is 0 Å². The molecule has 0 aliphatic heterocycles. The first-order chi connectivity index (χ1) is 10.1. The zero-order valence-corrected chi connectivity index (χ0v) is 14.6. The number of amides is 2. The molecule has 0 aromatic heterocycles. The second-order valence-electron chi connectivity index (χ2n) is 6.47. The largest absolute Gasteiger partial charge is 0.338 e. The van der Waals surface area contributed by atoms with E-state index < -0.39 is 9.84 Å². The van der Waals surface area contributed by atoms with Crippen molar-refractivity contribution >= 4 is 15.9 Å². The van der Waals surface area contributed by atoms with Crippen LogP contribution in [0.25, 0.3) is 0 Å². The summed E-state index contributed by atoms with van der Waals surface area (Å²) in [7, 11) is -3.15. The molecule has 0 bridgehead atoms. The van der Waals surface area contributed by atoms with Gasteiger partial charge in [-0.2, -0.15) is 0 Å². The average Bonchev–Trinajstić information content (AvgIpc) is 2.45. The van der Waals surface area contributed by atoms with Crippen LogP contribution in [-0.4, -0.2) is 33.3 Å². The van der Waals surface area contributed by atoms with Gasteiger partial charge in [0.1, 0.15) is 0 Å². The van der Waals surface area contributed by atoms with Gasteiger partial charge in [0.25, 0.3) is 0 Å². The number of rotatable bonds is 6. The zero-order valence-electron chi connectivity index (χ0n) is 13.8. The molecule has 124 valence electrons. The summed E-state index contributed by atoms with van der Waals surface area (Å²) in [5.41, 5.74) is 1.05. The molecule has 2 N–H and O–H groups in total. The first-order valence-electron chi connectivity index (χ1n) is 7.47. The minimum absolute atomic E-state index is 0.0535. The van der Waals surface area contributed by atoms with Gasteiger partial charge in [0.2, 0.25) is 0 Å². The lowest BCUT2D eigenvalue weighted by atomic mass is 9.97. The SMILES string of the molecule is CCS(=O)(=O)c1ccc(CCNC(=O)NCC(C)(C)C)cc1. The number of hydrogen-bond acceptors (Lipinski definition) is 3. The fourth-order valence-electron chi connectivity index (χ4n) is 1.76. The van der Waals surface area contributed by atoms with Crippen molar-refractivity contribution in [3.63, 3.8) is 0 Å². The van der Waals surface area contributed by atoms with Gasteiger partial charge in [0.05, 0.1) is 10.6 Å². The van der Waals surface area contributed by atoms with Crippen LogP contribution in [0.4, 0.5) is 4.79 Å². The molecule has 2 amide bonds. The van der Waals surface area contributed by atoms with E-state index in [0.29, 0.717) is 24.4 Å². The van der Waals surface area contributed by atoms with Gasteiger partial charge in [-0.15, -0.1) is 0 Å². The highest BCUT2D eigenvalue weighted by Gasteiger charge is 2.12. The van der Waals surface area contributed by atoms with Gasteiger partial charge in [-0.1, -0.05) is 39.8 Å². The number of sulfone groups is 1. The maximum Gasteiger partial charge on any atom is 0.314 e. The van der Waals surface area contributed by atoms with Gasteiger partial charge in [0, 0.05) is 13.1 Å². The summed E-state index contributed by atoms with van der Waals surface area (Å²) in [4.78, 5) is 11.9. The molecule has 5 nitrogen and oxygen atoms in total. The monoisotopic (exact) mass is 326 g/mol. The lowest BCUT2D eigenvalue weighted by molar-refractivity contribution is 0.235. The number of carbonyl (C=O) groups excluding carboxylic acids is 1. The third-order valence-corrected chi connectivity index (χ3v) is 4.89. The van der Waals surface area contributed by atoms with Gasteiger partial charge in [0.15, 0.2) is 9.84 Å². The maximum atomic E-state index is 11.7. The summed E-state index contributed by atoms with van der Waals surface area (Å²) >= 11 is 0. The Morgan fingerprint density at radius 3 is 2.18 bits per heavy atom. The summed E-state index contributed by atoms with van der Waals surface area (Å²) in [6, 6.07) is 6.64. The molecule has 6 heteroatoms. The highest BCUT2D eigenvalue weighted by atomic mass is 32.2. The predicted octanol–water partition coefficient (Wildman–Crippen LogP) is 2.37. The highest BCUT2D eigenvalue weighted by Crippen LogP contribution is 2.12. The second-order valence-corrected chi connectivity index (χ2v) is 8.75. The molecule has 1 aromatic rings. The summed E-state index contributed by atoms with van der Waals surface area (Å²) in [5.74, 6) is 0.0991. The summed E-state index contributed by atoms with van der Waals surface area (Å²) < 4.78 is 23.4. The molecule has 0 saturated heterocycles. The fraction of sp³-hybridized carbons (Fsp3) is 0.562. The van der Waals surface area contributed by atoms with E-state index in [0.717, 1.165) is 5.56 Å². The number of benzene rings is 1. The Hall–Kier alpha value is -1.56. The molecule has 0 aliphatic rings. The van der Waals surface area contributed by atoms with Crippen LogP contribution < -0.4 is 10.6 Å². The average molecular weight is 326 g/mol. The van der Waals surface area contributed by atoms with Crippen molar-refractivity contribution in [3.05, 3.63) is 29.8 Å². The fourth-order valence-corrected chi connectivity index (χ4v) is 2.64. The molecule has 0 radical (unpaired) electrons. The lowest BCUT2D eigenvalue weighted by Crippen LogP contribution is -2.40. The molecule has 1 rings (SSSR count). The number of carbonyl (C=O) groups is 1. The van der Waals surface area contributed by atoms with Crippen LogP contribution in [0.3, 0.4) is 0 Å². The van der Waals surface area contributed by atoms with Crippen LogP contribution in [0, 0.1) is 5.41 Å². The minimum atomic E-state index is -3.15. The van der Waals surface area contributed by atoms with Crippen LogP contribution >= 0.6 is 0 Å². The second kappa shape index (κ2) is 7.63. The van der Waals surface area contributed by atoms with Crippen molar-refractivity contribution in [2.24, 2.45) is 5.41 Å². The maximum absolute atomic E-state index is 11.7. The molecule has 0 heterocycles. The van der Waals surface area contributed by atoms with E-state index in [9.17, 15) is 13.2 Å².